The third-order valence-corrected chi connectivity index (χ3v) is 4.82. The Morgan fingerprint density at radius 2 is 2.21 bits per heavy atom. The summed E-state index contributed by atoms with van der Waals surface area (Å²) in [6.07, 6.45) is 3.96. The van der Waals surface area contributed by atoms with E-state index in [1.165, 1.54) is 12.8 Å². The van der Waals surface area contributed by atoms with Crippen LogP contribution in [0.4, 0.5) is 5.82 Å². The summed E-state index contributed by atoms with van der Waals surface area (Å²) in [7, 11) is 0. The predicted molar refractivity (Wildman–Crippen MR) is 76.9 cm³/mol. The van der Waals surface area contributed by atoms with Crippen molar-refractivity contribution < 1.29 is 4.74 Å². The van der Waals surface area contributed by atoms with Crippen molar-refractivity contribution in [1.29, 1.82) is 0 Å². The monoisotopic (exact) mass is 295 g/mol. The molecule has 2 unspecified atom stereocenters. The molecule has 4 nitrogen and oxygen atoms in total. The van der Waals surface area contributed by atoms with Crippen molar-refractivity contribution in [2.75, 3.05) is 11.9 Å². The summed E-state index contributed by atoms with van der Waals surface area (Å²) in [6.45, 7) is 0.838. The lowest BCUT2D eigenvalue weighted by atomic mass is 10.1. The van der Waals surface area contributed by atoms with Crippen molar-refractivity contribution in [1.82, 2.24) is 9.97 Å². The minimum atomic E-state index is 0.305. The number of nitrogens with one attached hydrogen (secondary N) is 1. The predicted octanol–water partition coefficient (Wildman–Crippen LogP) is 3.32. The topological polar surface area (TPSA) is 47.0 Å². The molecule has 6 heteroatoms. The summed E-state index contributed by atoms with van der Waals surface area (Å²) < 4.78 is 5.85. The zero-order chi connectivity index (χ0) is 12.8. The SMILES string of the molecule is Clc1nc(NC2CCOC2C2CC2)c2ccsc2n1. The van der Waals surface area contributed by atoms with Gasteiger partial charge in [0.2, 0.25) is 5.28 Å². The number of fused-ring (bicyclic) bond motifs is 1. The third kappa shape index (κ3) is 2.20. The maximum absolute atomic E-state index is 5.99. The molecule has 4 rings (SSSR count). The van der Waals surface area contributed by atoms with Crippen LogP contribution in [0, 0.1) is 5.92 Å². The molecule has 2 aromatic heterocycles. The zero-order valence-electron chi connectivity index (χ0n) is 10.3. The number of ether oxygens (including phenoxy) is 1. The van der Waals surface area contributed by atoms with Gasteiger partial charge in [-0.05, 0) is 48.2 Å². The molecule has 2 fully saturated rings. The van der Waals surface area contributed by atoms with Gasteiger partial charge in [-0.3, -0.25) is 0 Å². The number of rotatable bonds is 3. The lowest BCUT2D eigenvalue weighted by molar-refractivity contribution is 0.0898. The Morgan fingerprint density at radius 3 is 3.05 bits per heavy atom. The van der Waals surface area contributed by atoms with E-state index in [9.17, 15) is 0 Å². The van der Waals surface area contributed by atoms with E-state index < -0.39 is 0 Å². The second-order valence-electron chi connectivity index (χ2n) is 5.19. The zero-order valence-corrected chi connectivity index (χ0v) is 11.9. The molecule has 1 aliphatic heterocycles. The second-order valence-corrected chi connectivity index (χ2v) is 6.43. The van der Waals surface area contributed by atoms with Gasteiger partial charge in [0.25, 0.3) is 0 Å². The van der Waals surface area contributed by atoms with Crippen molar-refractivity contribution in [3.63, 3.8) is 0 Å². The maximum atomic E-state index is 5.99. The van der Waals surface area contributed by atoms with Crippen molar-refractivity contribution in [3.8, 4) is 0 Å². The standard InChI is InChI=1S/C13H14ClN3OS/c14-13-16-11(8-4-6-19-12(8)17-13)15-9-3-5-18-10(9)7-1-2-7/h4,6-7,9-10H,1-3,5H2,(H,15,16,17). The largest absolute Gasteiger partial charge is 0.376 e. The number of thiophene rings is 1. The molecule has 1 aliphatic carbocycles. The molecule has 19 heavy (non-hydrogen) atoms. The molecular weight excluding hydrogens is 282 g/mol. The molecule has 2 aliphatic rings. The van der Waals surface area contributed by atoms with Crippen LogP contribution in [-0.4, -0.2) is 28.7 Å². The van der Waals surface area contributed by atoms with Gasteiger partial charge in [-0.1, -0.05) is 0 Å². The minimum absolute atomic E-state index is 0.305. The number of hydrogen-bond acceptors (Lipinski definition) is 5. The smallest absolute Gasteiger partial charge is 0.225 e. The van der Waals surface area contributed by atoms with Crippen molar-refractivity contribution >= 4 is 39.0 Å². The first-order valence-electron chi connectivity index (χ1n) is 6.60. The molecule has 0 aromatic carbocycles. The molecule has 0 radical (unpaired) electrons. The maximum Gasteiger partial charge on any atom is 0.225 e. The van der Waals surface area contributed by atoms with Gasteiger partial charge in [-0.15, -0.1) is 11.3 Å². The number of aromatic nitrogens is 2. The van der Waals surface area contributed by atoms with Crippen molar-refractivity contribution in [3.05, 3.63) is 16.7 Å². The van der Waals surface area contributed by atoms with E-state index in [0.29, 0.717) is 17.4 Å². The number of hydrogen-bond donors (Lipinski definition) is 1. The number of anilines is 1. The van der Waals surface area contributed by atoms with Crippen LogP contribution in [0.2, 0.25) is 5.28 Å². The average molecular weight is 296 g/mol. The average Bonchev–Trinajstić information content (AvgIpc) is 2.94. The number of nitrogens with zero attached hydrogens (tertiary/aromatic N) is 2. The van der Waals surface area contributed by atoms with E-state index in [1.54, 1.807) is 11.3 Å². The molecule has 0 bridgehead atoms. The van der Waals surface area contributed by atoms with Gasteiger partial charge in [0.1, 0.15) is 10.6 Å². The van der Waals surface area contributed by atoms with E-state index in [2.05, 4.69) is 15.3 Å². The Kier molecular flexibility index (Phi) is 2.86. The van der Waals surface area contributed by atoms with E-state index in [0.717, 1.165) is 35.0 Å². The van der Waals surface area contributed by atoms with E-state index in [4.69, 9.17) is 16.3 Å². The Hall–Kier alpha value is -0.910. The Morgan fingerprint density at radius 1 is 1.32 bits per heavy atom. The summed E-state index contributed by atoms with van der Waals surface area (Å²) in [5.74, 6) is 1.58. The van der Waals surface area contributed by atoms with Gasteiger partial charge in [-0.2, -0.15) is 0 Å². The Bertz CT molecular complexity index is 613. The van der Waals surface area contributed by atoms with E-state index >= 15 is 0 Å². The molecule has 2 atom stereocenters. The van der Waals surface area contributed by atoms with Crippen molar-refractivity contribution in [2.45, 2.75) is 31.4 Å². The molecule has 0 amide bonds. The van der Waals surface area contributed by atoms with Crippen LogP contribution in [0.1, 0.15) is 19.3 Å². The van der Waals surface area contributed by atoms with Crippen LogP contribution in [0.3, 0.4) is 0 Å². The fourth-order valence-electron chi connectivity index (χ4n) is 2.77. The van der Waals surface area contributed by atoms with Gasteiger partial charge in [-0.25, -0.2) is 9.97 Å². The molecule has 2 aromatic rings. The molecular formula is C13H14ClN3OS. The first kappa shape index (κ1) is 11.9. The summed E-state index contributed by atoms with van der Waals surface area (Å²) in [5.41, 5.74) is 0. The van der Waals surface area contributed by atoms with E-state index in [-0.39, 0.29) is 0 Å². The second kappa shape index (κ2) is 4.58. The highest BCUT2D eigenvalue weighted by molar-refractivity contribution is 7.16. The van der Waals surface area contributed by atoms with Crippen LogP contribution in [-0.2, 0) is 4.74 Å². The molecule has 3 heterocycles. The lowest BCUT2D eigenvalue weighted by Gasteiger charge is -2.20. The normalized spacial score (nSPS) is 27.0. The van der Waals surface area contributed by atoms with Crippen LogP contribution < -0.4 is 5.32 Å². The van der Waals surface area contributed by atoms with Crippen LogP contribution in [0.5, 0.6) is 0 Å². The van der Waals surface area contributed by atoms with Gasteiger partial charge >= 0.3 is 0 Å². The van der Waals surface area contributed by atoms with Crippen LogP contribution >= 0.6 is 22.9 Å². The molecule has 100 valence electrons. The third-order valence-electron chi connectivity index (χ3n) is 3.84. The first-order valence-corrected chi connectivity index (χ1v) is 7.86. The van der Waals surface area contributed by atoms with Crippen molar-refractivity contribution in [2.24, 2.45) is 5.92 Å². The number of halogens is 1. The molecule has 1 N–H and O–H groups in total. The van der Waals surface area contributed by atoms with Gasteiger partial charge < -0.3 is 10.1 Å². The highest BCUT2D eigenvalue weighted by Crippen LogP contribution is 2.40. The summed E-state index contributed by atoms with van der Waals surface area (Å²) in [6, 6.07) is 2.39. The van der Waals surface area contributed by atoms with Crippen LogP contribution in [0.15, 0.2) is 11.4 Å². The highest BCUT2D eigenvalue weighted by atomic mass is 35.5. The fraction of sp³-hybridized carbons (Fsp3) is 0.538. The fourth-order valence-corrected chi connectivity index (χ4v) is 3.75. The summed E-state index contributed by atoms with van der Waals surface area (Å²) >= 11 is 7.58. The quantitative estimate of drug-likeness (QED) is 0.883. The van der Waals surface area contributed by atoms with Gasteiger partial charge in [0.05, 0.1) is 17.5 Å². The first-order chi connectivity index (χ1) is 9.31. The summed E-state index contributed by atoms with van der Waals surface area (Å²) in [5, 5.41) is 6.90. The molecule has 0 spiro atoms. The minimum Gasteiger partial charge on any atom is -0.376 e. The van der Waals surface area contributed by atoms with E-state index in [1.807, 2.05) is 11.4 Å². The Labute approximate surface area is 120 Å². The van der Waals surface area contributed by atoms with Crippen LogP contribution in [0.25, 0.3) is 10.2 Å². The molecule has 1 saturated carbocycles. The lowest BCUT2D eigenvalue weighted by Crippen LogP contribution is -2.31. The highest BCUT2D eigenvalue weighted by Gasteiger charge is 2.40. The summed E-state index contributed by atoms with van der Waals surface area (Å²) in [4.78, 5) is 9.52. The van der Waals surface area contributed by atoms with Gasteiger partial charge in [0, 0.05) is 6.61 Å². The van der Waals surface area contributed by atoms with Gasteiger partial charge in [0.15, 0.2) is 0 Å². The Balaban J connectivity index is 1.65. The molecule has 1 saturated heterocycles.